The molecule has 3 unspecified atom stereocenters. The molecule has 0 saturated carbocycles. The molecular weight excluding hydrogens is 282 g/mol. The van der Waals surface area contributed by atoms with Crippen molar-refractivity contribution in [1.29, 1.82) is 0 Å². The van der Waals surface area contributed by atoms with Crippen LogP contribution in [0.3, 0.4) is 0 Å². The molecule has 120 valence electrons. The van der Waals surface area contributed by atoms with Crippen LogP contribution in [-0.4, -0.2) is 58.9 Å². The van der Waals surface area contributed by atoms with Gasteiger partial charge < -0.3 is 35.8 Å². The van der Waals surface area contributed by atoms with E-state index in [1.807, 2.05) is 0 Å². The van der Waals surface area contributed by atoms with E-state index in [0.29, 0.717) is 0 Å². The Labute approximate surface area is 121 Å². The summed E-state index contributed by atoms with van der Waals surface area (Å²) < 4.78 is 9.76. The standard InChI is InChI=1S/C11H21N5O5/c1-6(18)8(5-20-2)14-11(19)13-3-9-15-10(16-21-9)7(12)4-17/h6-8,17-18H,3-5,12H2,1-2H3,(H2,13,14,19). The van der Waals surface area contributed by atoms with E-state index in [-0.39, 0.29) is 31.5 Å². The first-order valence-electron chi connectivity index (χ1n) is 6.38. The number of urea groups is 1. The first-order valence-corrected chi connectivity index (χ1v) is 6.38. The quantitative estimate of drug-likeness (QED) is 0.379. The molecule has 1 rings (SSSR count). The van der Waals surface area contributed by atoms with Crippen LogP contribution >= 0.6 is 0 Å². The van der Waals surface area contributed by atoms with E-state index in [1.54, 1.807) is 6.92 Å². The van der Waals surface area contributed by atoms with Crippen molar-refractivity contribution in [2.24, 2.45) is 5.73 Å². The third kappa shape index (κ3) is 5.63. The van der Waals surface area contributed by atoms with Crippen molar-refractivity contribution >= 4 is 6.03 Å². The minimum Gasteiger partial charge on any atom is -0.394 e. The zero-order chi connectivity index (χ0) is 15.8. The minimum atomic E-state index is -0.756. The molecule has 10 nitrogen and oxygen atoms in total. The Hall–Kier alpha value is -1.75. The average Bonchev–Trinajstić information content (AvgIpc) is 2.92. The fourth-order valence-corrected chi connectivity index (χ4v) is 1.43. The number of amides is 2. The lowest BCUT2D eigenvalue weighted by Crippen LogP contribution is -2.49. The summed E-state index contributed by atoms with van der Waals surface area (Å²) in [7, 11) is 1.47. The molecule has 0 fully saturated rings. The number of aliphatic hydroxyl groups is 2. The summed E-state index contributed by atoms with van der Waals surface area (Å²) >= 11 is 0. The number of nitrogens with two attached hydrogens (primary N) is 1. The monoisotopic (exact) mass is 303 g/mol. The first kappa shape index (κ1) is 17.3. The van der Waals surface area contributed by atoms with Crippen molar-refractivity contribution in [3.05, 3.63) is 11.7 Å². The molecule has 1 heterocycles. The molecule has 0 aromatic carbocycles. The van der Waals surface area contributed by atoms with Crippen molar-refractivity contribution < 1.29 is 24.3 Å². The molecule has 10 heteroatoms. The van der Waals surface area contributed by atoms with Gasteiger partial charge in [-0.15, -0.1) is 0 Å². The van der Waals surface area contributed by atoms with E-state index in [9.17, 15) is 9.90 Å². The van der Waals surface area contributed by atoms with Gasteiger partial charge in [0.1, 0.15) is 0 Å². The van der Waals surface area contributed by atoms with Gasteiger partial charge in [-0.1, -0.05) is 5.16 Å². The zero-order valence-corrected chi connectivity index (χ0v) is 11.9. The van der Waals surface area contributed by atoms with Crippen molar-refractivity contribution in [2.45, 2.75) is 31.7 Å². The van der Waals surface area contributed by atoms with Crippen LogP contribution in [0.15, 0.2) is 4.52 Å². The number of aliphatic hydroxyl groups excluding tert-OH is 2. The van der Waals surface area contributed by atoms with E-state index in [2.05, 4.69) is 20.8 Å². The molecule has 6 N–H and O–H groups in total. The fourth-order valence-electron chi connectivity index (χ4n) is 1.43. The summed E-state index contributed by atoms with van der Waals surface area (Å²) in [6.07, 6.45) is -0.756. The normalized spacial score (nSPS) is 15.3. The number of carbonyl (C=O) groups excluding carboxylic acids is 1. The summed E-state index contributed by atoms with van der Waals surface area (Å²) in [5.74, 6) is 0.320. The molecule has 0 aliphatic rings. The van der Waals surface area contributed by atoms with Gasteiger partial charge in [0.05, 0.1) is 37.9 Å². The maximum Gasteiger partial charge on any atom is 0.315 e. The van der Waals surface area contributed by atoms with Crippen LogP contribution in [-0.2, 0) is 11.3 Å². The number of rotatable bonds is 8. The fraction of sp³-hybridized carbons (Fsp3) is 0.727. The summed E-state index contributed by atoms with van der Waals surface area (Å²) in [6, 6.07) is -1.77. The number of hydrogen-bond acceptors (Lipinski definition) is 8. The van der Waals surface area contributed by atoms with Gasteiger partial charge >= 0.3 is 6.03 Å². The summed E-state index contributed by atoms with van der Waals surface area (Å²) in [5.41, 5.74) is 5.52. The van der Waals surface area contributed by atoms with Crippen LogP contribution in [0.5, 0.6) is 0 Å². The van der Waals surface area contributed by atoms with E-state index < -0.39 is 24.2 Å². The first-order chi connectivity index (χ1) is 9.97. The smallest absolute Gasteiger partial charge is 0.315 e. The third-order valence-electron chi connectivity index (χ3n) is 2.66. The van der Waals surface area contributed by atoms with Crippen LogP contribution < -0.4 is 16.4 Å². The number of nitrogens with zero attached hydrogens (tertiary/aromatic N) is 2. The molecule has 0 aliphatic heterocycles. The number of ether oxygens (including phenoxy) is 1. The van der Waals surface area contributed by atoms with Gasteiger partial charge in [0.2, 0.25) is 5.89 Å². The van der Waals surface area contributed by atoms with Crippen LogP contribution in [0, 0.1) is 0 Å². The van der Waals surface area contributed by atoms with Gasteiger partial charge in [-0.3, -0.25) is 0 Å². The molecule has 1 aromatic rings. The number of methoxy groups -OCH3 is 1. The molecule has 3 atom stereocenters. The lowest BCUT2D eigenvalue weighted by atomic mass is 10.2. The molecule has 0 bridgehead atoms. The highest BCUT2D eigenvalue weighted by Crippen LogP contribution is 2.04. The Morgan fingerprint density at radius 2 is 2.29 bits per heavy atom. The maximum atomic E-state index is 11.7. The number of aromatic nitrogens is 2. The molecule has 0 spiro atoms. The largest absolute Gasteiger partial charge is 0.394 e. The van der Waals surface area contributed by atoms with Crippen LogP contribution in [0.25, 0.3) is 0 Å². The predicted molar refractivity (Wildman–Crippen MR) is 71.0 cm³/mol. The second kappa shape index (κ2) is 8.52. The van der Waals surface area contributed by atoms with Crippen LogP contribution in [0.1, 0.15) is 24.7 Å². The van der Waals surface area contributed by atoms with Crippen LogP contribution in [0.2, 0.25) is 0 Å². The Kier molecular flexibility index (Phi) is 7.02. The Morgan fingerprint density at radius 3 is 2.86 bits per heavy atom. The second-order valence-electron chi connectivity index (χ2n) is 4.46. The molecule has 0 radical (unpaired) electrons. The highest BCUT2D eigenvalue weighted by molar-refractivity contribution is 5.74. The third-order valence-corrected chi connectivity index (χ3v) is 2.66. The summed E-state index contributed by atoms with van der Waals surface area (Å²) in [4.78, 5) is 15.6. The molecular formula is C11H21N5O5. The molecule has 1 aromatic heterocycles. The van der Waals surface area contributed by atoms with Crippen LogP contribution in [0.4, 0.5) is 4.79 Å². The van der Waals surface area contributed by atoms with E-state index in [1.165, 1.54) is 7.11 Å². The highest BCUT2D eigenvalue weighted by Gasteiger charge is 2.18. The molecule has 21 heavy (non-hydrogen) atoms. The van der Waals surface area contributed by atoms with Gasteiger partial charge in [0.25, 0.3) is 0 Å². The lowest BCUT2D eigenvalue weighted by molar-refractivity contribution is 0.0843. The van der Waals surface area contributed by atoms with Crippen molar-refractivity contribution in [3.63, 3.8) is 0 Å². The minimum absolute atomic E-state index is 0.00348. The van der Waals surface area contributed by atoms with Gasteiger partial charge in [-0.05, 0) is 6.92 Å². The number of carbonyl (C=O) groups is 1. The Morgan fingerprint density at radius 1 is 1.57 bits per heavy atom. The molecule has 0 aliphatic carbocycles. The van der Waals surface area contributed by atoms with E-state index in [4.69, 9.17) is 20.1 Å². The summed E-state index contributed by atoms with van der Waals surface area (Å²) in [5, 5.41) is 26.9. The van der Waals surface area contributed by atoms with Crippen molar-refractivity contribution in [1.82, 2.24) is 20.8 Å². The lowest BCUT2D eigenvalue weighted by Gasteiger charge is -2.20. The molecule has 2 amide bonds. The van der Waals surface area contributed by atoms with E-state index >= 15 is 0 Å². The topological polar surface area (TPSA) is 156 Å². The molecule has 0 saturated heterocycles. The van der Waals surface area contributed by atoms with Crippen molar-refractivity contribution in [3.8, 4) is 0 Å². The maximum absolute atomic E-state index is 11.7. The average molecular weight is 303 g/mol. The van der Waals surface area contributed by atoms with Gasteiger partial charge in [0.15, 0.2) is 5.82 Å². The number of nitrogens with one attached hydrogen (secondary N) is 2. The van der Waals surface area contributed by atoms with Gasteiger partial charge in [0, 0.05) is 7.11 Å². The second-order valence-corrected chi connectivity index (χ2v) is 4.46. The predicted octanol–water partition coefficient (Wildman–Crippen LogP) is -1.74. The SMILES string of the molecule is COCC(NC(=O)NCc1nc(C(N)CO)no1)C(C)O. The highest BCUT2D eigenvalue weighted by atomic mass is 16.5. The summed E-state index contributed by atoms with van der Waals surface area (Å²) in [6.45, 7) is 1.42. The number of hydrogen-bond donors (Lipinski definition) is 5. The Balaban J connectivity index is 2.43. The van der Waals surface area contributed by atoms with Gasteiger partial charge in [-0.25, -0.2) is 4.79 Å². The Bertz CT molecular complexity index is 438. The zero-order valence-electron chi connectivity index (χ0n) is 11.9. The van der Waals surface area contributed by atoms with Gasteiger partial charge in [-0.2, -0.15) is 4.98 Å². The van der Waals surface area contributed by atoms with Crippen molar-refractivity contribution in [2.75, 3.05) is 20.3 Å². The van der Waals surface area contributed by atoms with E-state index in [0.717, 1.165) is 0 Å².